The maximum Gasteiger partial charge on any atom is 0.490 e. The molecule has 3 aromatic carbocycles. The number of nitrogens with one attached hydrogen (secondary N) is 1. The number of carbonyl (C=O) groups is 2. The molecule has 1 aliphatic heterocycles. The van der Waals surface area contributed by atoms with Gasteiger partial charge in [0, 0.05) is 37.4 Å². The smallest absolute Gasteiger partial charge is 0.475 e. The average molecular weight is 588 g/mol. The molecule has 2 N–H and O–H groups in total. The van der Waals surface area contributed by atoms with Crippen molar-refractivity contribution in [2.75, 3.05) is 31.5 Å². The molecule has 0 saturated carbocycles. The van der Waals surface area contributed by atoms with Crippen LogP contribution in [0.4, 0.5) is 23.2 Å². The third-order valence-electron chi connectivity index (χ3n) is 6.85. The Balaban J connectivity index is 0.000000616. The fourth-order valence-corrected chi connectivity index (χ4v) is 4.51. The van der Waals surface area contributed by atoms with E-state index in [0.717, 1.165) is 62.5 Å². The normalized spacial score (nSPS) is 14.8. The minimum absolute atomic E-state index is 0.0855. The minimum Gasteiger partial charge on any atom is -0.475 e. The molecule has 6 nitrogen and oxygen atoms in total. The lowest BCUT2D eigenvalue weighted by molar-refractivity contribution is -0.192. The zero-order chi connectivity index (χ0) is 30.9. The molecular weight excluding hydrogens is 550 g/mol. The summed E-state index contributed by atoms with van der Waals surface area (Å²) in [5.74, 6) is -3.03. The first-order valence-corrected chi connectivity index (χ1v) is 13.7. The monoisotopic (exact) mass is 587 g/mol. The summed E-state index contributed by atoms with van der Waals surface area (Å²) in [7, 11) is 0. The first-order chi connectivity index (χ1) is 19.7. The predicted octanol–water partition coefficient (Wildman–Crippen LogP) is 6.72. The summed E-state index contributed by atoms with van der Waals surface area (Å²) >= 11 is 0. The Morgan fingerprint density at radius 2 is 1.36 bits per heavy atom. The second-order valence-electron chi connectivity index (χ2n) is 11.3. The number of carboxylic acids is 1. The topological polar surface area (TPSA) is 72.9 Å². The standard InChI is InChI=1S/C30H36FN3O.C2HF3O2/c1-30(2,3)26-10-14-28(15-11-26)32-29(35)25-7-4-6-24(20-25)22-34-17-5-16-33(18-19-34)21-23-8-12-27(31)13-9-23;3-2(4,5)1(6)7/h4,6-15,20H,5,16-19,21-22H2,1-3H3,(H,32,35);(H,6,7). The Morgan fingerprint density at radius 3 is 1.88 bits per heavy atom. The predicted molar refractivity (Wildman–Crippen MR) is 155 cm³/mol. The van der Waals surface area contributed by atoms with Crippen molar-refractivity contribution in [1.82, 2.24) is 9.80 Å². The van der Waals surface area contributed by atoms with Gasteiger partial charge in [0.1, 0.15) is 5.82 Å². The second-order valence-corrected chi connectivity index (χ2v) is 11.3. The lowest BCUT2D eigenvalue weighted by Gasteiger charge is -2.22. The van der Waals surface area contributed by atoms with Gasteiger partial charge in [-0.1, -0.05) is 57.2 Å². The van der Waals surface area contributed by atoms with Crippen LogP contribution in [0.2, 0.25) is 0 Å². The van der Waals surface area contributed by atoms with E-state index < -0.39 is 12.1 Å². The molecule has 0 radical (unpaired) electrons. The number of carboxylic acid groups (broad SMARTS) is 1. The summed E-state index contributed by atoms with van der Waals surface area (Å²) < 4.78 is 44.9. The summed E-state index contributed by atoms with van der Waals surface area (Å²) in [4.78, 5) is 26.7. The van der Waals surface area contributed by atoms with Crippen molar-refractivity contribution in [3.8, 4) is 0 Å². The molecule has 42 heavy (non-hydrogen) atoms. The highest BCUT2D eigenvalue weighted by atomic mass is 19.4. The molecule has 0 aliphatic carbocycles. The lowest BCUT2D eigenvalue weighted by Crippen LogP contribution is -2.30. The van der Waals surface area contributed by atoms with Gasteiger partial charge < -0.3 is 10.4 Å². The first kappa shape index (κ1) is 32.8. The number of hydrogen-bond donors (Lipinski definition) is 2. The number of carbonyl (C=O) groups excluding carboxylic acids is 1. The summed E-state index contributed by atoms with van der Waals surface area (Å²) in [5, 5.41) is 10.2. The Kier molecular flexibility index (Phi) is 11.2. The van der Waals surface area contributed by atoms with Gasteiger partial charge in [0.2, 0.25) is 0 Å². The molecule has 0 atom stereocenters. The van der Waals surface area contributed by atoms with Crippen LogP contribution in [0.25, 0.3) is 0 Å². The zero-order valence-corrected chi connectivity index (χ0v) is 24.0. The van der Waals surface area contributed by atoms with Gasteiger partial charge in [0.05, 0.1) is 0 Å². The van der Waals surface area contributed by atoms with Crippen LogP contribution < -0.4 is 5.32 Å². The Bertz CT molecular complexity index is 1320. The molecule has 1 fully saturated rings. The quantitative estimate of drug-likeness (QED) is 0.314. The van der Waals surface area contributed by atoms with Crippen molar-refractivity contribution < 1.29 is 32.3 Å². The van der Waals surface area contributed by atoms with Gasteiger partial charge in [-0.25, -0.2) is 9.18 Å². The molecule has 0 unspecified atom stereocenters. The maximum atomic E-state index is 13.2. The number of alkyl halides is 3. The fraction of sp³-hybridized carbons (Fsp3) is 0.375. The van der Waals surface area contributed by atoms with E-state index >= 15 is 0 Å². The van der Waals surface area contributed by atoms with Crippen molar-refractivity contribution in [2.24, 2.45) is 0 Å². The zero-order valence-electron chi connectivity index (χ0n) is 24.0. The van der Waals surface area contributed by atoms with Gasteiger partial charge in [-0.3, -0.25) is 14.6 Å². The highest BCUT2D eigenvalue weighted by molar-refractivity contribution is 6.04. The van der Waals surface area contributed by atoms with Crippen LogP contribution in [0, 0.1) is 5.82 Å². The van der Waals surface area contributed by atoms with Gasteiger partial charge in [-0.15, -0.1) is 0 Å². The van der Waals surface area contributed by atoms with Gasteiger partial charge >= 0.3 is 12.1 Å². The third-order valence-corrected chi connectivity index (χ3v) is 6.85. The molecule has 10 heteroatoms. The number of halogens is 4. The van der Waals surface area contributed by atoms with Crippen molar-refractivity contribution in [2.45, 2.75) is 51.9 Å². The summed E-state index contributed by atoms with van der Waals surface area (Å²) in [5.41, 5.74) is 5.10. The first-order valence-electron chi connectivity index (χ1n) is 13.7. The van der Waals surface area contributed by atoms with E-state index in [4.69, 9.17) is 9.90 Å². The Labute approximate surface area is 244 Å². The second kappa shape index (κ2) is 14.4. The van der Waals surface area contributed by atoms with E-state index in [1.165, 1.54) is 17.7 Å². The number of aliphatic carboxylic acids is 1. The number of nitrogens with zero attached hydrogens (tertiary/aromatic N) is 2. The molecule has 1 amide bonds. The number of rotatable bonds is 6. The van der Waals surface area contributed by atoms with Gasteiger partial charge in [0.15, 0.2) is 0 Å². The van der Waals surface area contributed by atoms with Crippen LogP contribution >= 0.6 is 0 Å². The van der Waals surface area contributed by atoms with E-state index in [-0.39, 0.29) is 17.1 Å². The number of benzene rings is 3. The summed E-state index contributed by atoms with van der Waals surface area (Å²) in [6.45, 7) is 12.2. The van der Waals surface area contributed by atoms with Gasteiger partial charge in [0.25, 0.3) is 5.91 Å². The van der Waals surface area contributed by atoms with Crippen LogP contribution in [-0.2, 0) is 23.3 Å². The molecule has 0 bridgehead atoms. The molecule has 0 spiro atoms. The molecule has 1 aliphatic rings. The molecule has 1 saturated heterocycles. The lowest BCUT2D eigenvalue weighted by atomic mass is 9.87. The molecule has 1 heterocycles. The maximum absolute atomic E-state index is 13.2. The van der Waals surface area contributed by atoms with Gasteiger partial charge in [-0.05, 0) is 78.0 Å². The third kappa shape index (κ3) is 10.6. The van der Waals surface area contributed by atoms with Crippen LogP contribution in [0.5, 0.6) is 0 Å². The Hall–Kier alpha value is -3.76. The van der Waals surface area contributed by atoms with Crippen LogP contribution in [-0.4, -0.2) is 59.1 Å². The molecule has 226 valence electrons. The molecular formula is C32H37F4N3O3. The van der Waals surface area contributed by atoms with E-state index in [1.54, 1.807) is 0 Å². The van der Waals surface area contributed by atoms with Gasteiger partial charge in [-0.2, -0.15) is 13.2 Å². The van der Waals surface area contributed by atoms with E-state index in [0.29, 0.717) is 5.56 Å². The van der Waals surface area contributed by atoms with Crippen LogP contribution in [0.15, 0.2) is 72.8 Å². The number of hydrogen-bond acceptors (Lipinski definition) is 4. The van der Waals surface area contributed by atoms with Crippen LogP contribution in [0.3, 0.4) is 0 Å². The number of amides is 1. The minimum atomic E-state index is -5.08. The average Bonchev–Trinajstić information content (AvgIpc) is 3.14. The molecule has 4 rings (SSSR count). The summed E-state index contributed by atoms with van der Waals surface area (Å²) in [6.07, 6.45) is -3.99. The van der Waals surface area contributed by atoms with Crippen molar-refractivity contribution in [3.05, 3.63) is 101 Å². The highest BCUT2D eigenvalue weighted by Gasteiger charge is 2.38. The van der Waals surface area contributed by atoms with Crippen LogP contribution in [0.1, 0.15) is 54.2 Å². The van der Waals surface area contributed by atoms with Crippen molar-refractivity contribution >= 4 is 17.6 Å². The number of anilines is 1. The van der Waals surface area contributed by atoms with E-state index in [2.05, 4.69) is 54.1 Å². The van der Waals surface area contributed by atoms with E-state index in [1.807, 2.05) is 42.5 Å². The van der Waals surface area contributed by atoms with Crippen molar-refractivity contribution in [3.63, 3.8) is 0 Å². The summed E-state index contributed by atoms with van der Waals surface area (Å²) in [6, 6.07) is 22.8. The fourth-order valence-electron chi connectivity index (χ4n) is 4.51. The highest BCUT2D eigenvalue weighted by Crippen LogP contribution is 2.24. The SMILES string of the molecule is CC(C)(C)c1ccc(NC(=O)c2cccc(CN3CCCN(Cc4ccc(F)cc4)CC3)c2)cc1.O=C(O)C(F)(F)F. The molecule has 3 aromatic rings. The van der Waals surface area contributed by atoms with Crippen molar-refractivity contribution in [1.29, 1.82) is 0 Å². The largest absolute Gasteiger partial charge is 0.490 e. The van der Waals surface area contributed by atoms with E-state index in [9.17, 15) is 22.4 Å². The Morgan fingerprint density at radius 1 is 0.810 bits per heavy atom. The molecule has 0 aromatic heterocycles.